The number of nitrogens with zero attached hydrogens (tertiary/aromatic N) is 2. The van der Waals surface area contributed by atoms with Crippen LogP contribution in [0, 0.1) is 0 Å². The van der Waals surface area contributed by atoms with Crippen molar-refractivity contribution in [3.8, 4) is 22.8 Å². The maximum absolute atomic E-state index is 13.3. The Bertz CT molecular complexity index is 1200. The molecule has 32 heavy (non-hydrogen) atoms. The van der Waals surface area contributed by atoms with E-state index in [2.05, 4.69) is 4.90 Å². The third-order valence-electron chi connectivity index (χ3n) is 5.48. The number of aromatic nitrogens is 1. The Morgan fingerprint density at radius 1 is 1.03 bits per heavy atom. The summed E-state index contributed by atoms with van der Waals surface area (Å²) in [5.74, 6) is 0.816. The molecule has 0 amide bonds. The lowest BCUT2D eigenvalue weighted by atomic mass is 10.1. The molecular weight excluding hydrogens is 491 g/mol. The number of methoxy groups -OCH3 is 2. The Labute approximate surface area is 201 Å². The SMILES string of the molecule is COc1ccc(OC)c(S(=O)(=O)C2CCN(c3nc(-c4cc(Cl)cc(Cl)c4)cs3)CC2)c1. The number of sulfone groups is 1. The van der Waals surface area contributed by atoms with Gasteiger partial charge >= 0.3 is 0 Å². The van der Waals surface area contributed by atoms with E-state index in [0.29, 0.717) is 47.5 Å². The zero-order chi connectivity index (χ0) is 22.9. The highest BCUT2D eigenvalue weighted by molar-refractivity contribution is 7.92. The molecule has 3 aromatic rings. The zero-order valence-corrected chi connectivity index (χ0v) is 20.7. The quantitative estimate of drug-likeness (QED) is 0.429. The highest BCUT2D eigenvalue weighted by Gasteiger charge is 2.34. The summed E-state index contributed by atoms with van der Waals surface area (Å²) in [5.41, 5.74) is 1.65. The van der Waals surface area contributed by atoms with E-state index >= 15 is 0 Å². The van der Waals surface area contributed by atoms with Crippen molar-refractivity contribution in [3.63, 3.8) is 0 Å². The number of thiazole rings is 1. The molecule has 0 atom stereocenters. The first-order chi connectivity index (χ1) is 15.3. The van der Waals surface area contributed by atoms with Gasteiger partial charge in [0.2, 0.25) is 0 Å². The number of rotatable bonds is 6. The number of hydrogen-bond acceptors (Lipinski definition) is 7. The molecule has 1 saturated heterocycles. The molecule has 0 bridgehead atoms. The molecule has 0 saturated carbocycles. The third kappa shape index (κ3) is 4.69. The standard InChI is InChI=1S/C22H22Cl2N2O4S2/c1-29-17-3-4-20(30-2)21(12-17)32(27,28)18-5-7-26(8-6-18)22-25-19(13-31-22)14-9-15(23)11-16(24)10-14/h3-4,9-13,18H,5-8H2,1-2H3. The molecule has 0 aliphatic carbocycles. The molecule has 4 rings (SSSR count). The summed E-state index contributed by atoms with van der Waals surface area (Å²) in [6.45, 7) is 1.19. The Morgan fingerprint density at radius 2 is 1.72 bits per heavy atom. The van der Waals surface area contributed by atoms with Crippen molar-refractivity contribution in [1.29, 1.82) is 0 Å². The van der Waals surface area contributed by atoms with Crippen molar-refractivity contribution in [2.24, 2.45) is 0 Å². The van der Waals surface area contributed by atoms with Crippen LogP contribution in [0.3, 0.4) is 0 Å². The highest BCUT2D eigenvalue weighted by atomic mass is 35.5. The maximum atomic E-state index is 13.3. The maximum Gasteiger partial charge on any atom is 0.185 e. The molecule has 0 radical (unpaired) electrons. The highest BCUT2D eigenvalue weighted by Crippen LogP contribution is 2.36. The van der Waals surface area contributed by atoms with Crippen LogP contribution in [0.25, 0.3) is 11.3 Å². The molecule has 6 nitrogen and oxygen atoms in total. The lowest BCUT2D eigenvalue weighted by Gasteiger charge is -2.31. The minimum absolute atomic E-state index is 0.173. The van der Waals surface area contributed by atoms with Crippen molar-refractivity contribution in [3.05, 3.63) is 51.8 Å². The number of benzene rings is 2. The van der Waals surface area contributed by atoms with Crippen LogP contribution in [0.15, 0.2) is 46.7 Å². The molecule has 1 aliphatic rings. The van der Waals surface area contributed by atoms with E-state index in [4.69, 9.17) is 37.7 Å². The molecule has 0 spiro atoms. The molecule has 1 fully saturated rings. The molecule has 10 heteroatoms. The van der Waals surface area contributed by atoms with Gasteiger partial charge in [0.05, 0.1) is 25.2 Å². The van der Waals surface area contributed by atoms with Crippen LogP contribution < -0.4 is 14.4 Å². The van der Waals surface area contributed by atoms with E-state index in [1.54, 1.807) is 18.2 Å². The van der Waals surface area contributed by atoms with Crippen LogP contribution in [0.2, 0.25) is 10.0 Å². The Kier molecular flexibility index (Phi) is 6.86. The predicted octanol–water partition coefficient (Wildman–Crippen LogP) is 5.58. The Hall–Kier alpha value is -2.00. The molecule has 0 unspecified atom stereocenters. The van der Waals surface area contributed by atoms with Gasteiger partial charge < -0.3 is 14.4 Å². The van der Waals surface area contributed by atoms with Gasteiger partial charge in [-0.25, -0.2) is 13.4 Å². The fourth-order valence-corrected chi connectivity index (χ4v) is 7.10. The van der Waals surface area contributed by atoms with Crippen molar-refractivity contribution >= 4 is 49.5 Å². The lowest BCUT2D eigenvalue weighted by molar-refractivity contribution is 0.391. The average molecular weight is 513 g/mol. The summed E-state index contributed by atoms with van der Waals surface area (Å²) < 4.78 is 37.2. The summed E-state index contributed by atoms with van der Waals surface area (Å²) in [4.78, 5) is 7.02. The van der Waals surface area contributed by atoms with Crippen LogP contribution in [-0.4, -0.2) is 46.0 Å². The van der Waals surface area contributed by atoms with Crippen LogP contribution in [0.4, 0.5) is 5.13 Å². The summed E-state index contributed by atoms with van der Waals surface area (Å²) in [6.07, 6.45) is 1.00. The number of piperidine rings is 1. The second kappa shape index (κ2) is 9.47. The minimum atomic E-state index is -3.57. The molecule has 1 aliphatic heterocycles. The first kappa shape index (κ1) is 23.2. The largest absolute Gasteiger partial charge is 0.497 e. The normalized spacial score (nSPS) is 15.1. The van der Waals surface area contributed by atoms with Gasteiger partial charge in [-0.15, -0.1) is 11.3 Å². The van der Waals surface area contributed by atoms with E-state index in [-0.39, 0.29) is 4.90 Å². The lowest BCUT2D eigenvalue weighted by Crippen LogP contribution is -2.39. The van der Waals surface area contributed by atoms with E-state index in [0.717, 1.165) is 16.4 Å². The average Bonchev–Trinajstić information content (AvgIpc) is 3.28. The van der Waals surface area contributed by atoms with Crippen molar-refractivity contribution < 1.29 is 17.9 Å². The molecule has 2 heterocycles. The van der Waals surface area contributed by atoms with Gasteiger partial charge in [-0.05, 0) is 43.2 Å². The van der Waals surface area contributed by atoms with Gasteiger partial charge in [0.15, 0.2) is 15.0 Å². The fraction of sp³-hybridized carbons (Fsp3) is 0.318. The third-order valence-corrected chi connectivity index (χ3v) is 9.10. The summed E-state index contributed by atoms with van der Waals surface area (Å²) in [5, 5.41) is 3.43. The number of hydrogen-bond donors (Lipinski definition) is 0. The summed E-state index contributed by atoms with van der Waals surface area (Å²) in [7, 11) is -0.589. The van der Waals surface area contributed by atoms with E-state index < -0.39 is 15.1 Å². The summed E-state index contributed by atoms with van der Waals surface area (Å²) >= 11 is 13.7. The number of halogens is 2. The van der Waals surface area contributed by atoms with E-state index in [1.807, 2.05) is 17.5 Å². The first-order valence-corrected chi connectivity index (χ1v) is 13.1. The fourth-order valence-electron chi connectivity index (χ4n) is 3.79. The Morgan fingerprint density at radius 3 is 2.34 bits per heavy atom. The van der Waals surface area contributed by atoms with Crippen molar-refractivity contribution in [2.45, 2.75) is 23.0 Å². The summed E-state index contributed by atoms with van der Waals surface area (Å²) in [6, 6.07) is 10.2. The van der Waals surface area contributed by atoms with Crippen LogP contribution >= 0.6 is 34.5 Å². The van der Waals surface area contributed by atoms with Crippen LogP contribution in [0.5, 0.6) is 11.5 Å². The monoisotopic (exact) mass is 512 g/mol. The van der Waals surface area contributed by atoms with Gasteiger partial charge in [0.1, 0.15) is 16.4 Å². The van der Waals surface area contributed by atoms with Gasteiger partial charge in [-0.1, -0.05) is 23.2 Å². The van der Waals surface area contributed by atoms with Crippen LogP contribution in [-0.2, 0) is 9.84 Å². The smallest absolute Gasteiger partial charge is 0.185 e. The van der Waals surface area contributed by atoms with Gasteiger partial charge in [0.25, 0.3) is 0 Å². The van der Waals surface area contributed by atoms with Gasteiger partial charge in [-0.2, -0.15) is 0 Å². The topological polar surface area (TPSA) is 68.7 Å². The minimum Gasteiger partial charge on any atom is -0.497 e. The van der Waals surface area contributed by atoms with Gasteiger partial charge in [-0.3, -0.25) is 0 Å². The number of ether oxygens (including phenoxy) is 2. The van der Waals surface area contributed by atoms with E-state index in [9.17, 15) is 8.42 Å². The first-order valence-electron chi connectivity index (χ1n) is 9.94. The predicted molar refractivity (Wildman–Crippen MR) is 130 cm³/mol. The molecule has 0 N–H and O–H groups in total. The van der Waals surface area contributed by atoms with E-state index in [1.165, 1.54) is 31.6 Å². The van der Waals surface area contributed by atoms with Gasteiger partial charge in [0, 0.05) is 40.1 Å². The van der Waals surface area contributed by atoms with Crippen molar-refractivity contribution in [1.82, 2.24) is 4.98 Å². The van der Waals surface area contributed by atoms with Crippen molar-refractivity contribution in [2.75, 3.05) is 32.2 Å². The molecular formula is C22H22Cl2N2O4S2. The van der Waals surface area contributed by atoms with Crippen LogP contribution in [0.1, 0.15) is 12.8 Å². The molecule has 2 aromatic carbocycles. The molecule has 1 aromatic heterocycles. The molecule has 170 valence electrons. The second-order valence-electron chi connectivity index (χ2n) is 7.42. The zero-order valence-electron chi connectivity index (χ0n) is 17.5. The second-order valence-corrected chi connectivity index (χ2v) is 11.3. The Balaban J connectivity index is 1.50. The number of anilines is 1.